The highest BCUT2D eigenvalue weighted by atomic mass is 16.3. The Morgan fingerprint density at radius 3 is 2.44 bits per heavy atom. The number of aryl methyl sites for hydroxylation is 1. The molecule has 2 rings (SSSR count). The molecule has 2 heterocycles. The molecule has 0 aliphatic heterocycles. The van der Waals surface area contributed by atoms with Crippen LogP contribution in [0.2, 0.25) is 0 Å². The summed E-state index contributed by atoms with van der Waals surface area (Å²) >= 11 is 0. The van der Waals surface area contributed by atoms with Gasteiger partial charge in [-0.3, -0.25) is 9.78 Å². The lowest BCUT2D eigenvalue weighted by molar-refractivity contribution is -0.132. The topological polar surface area (TPSA) is 79.2 Å². The summed E-state index contributed by atoms with van der Waals surface area (Å²) in [5.74, 6) is 0.719. The van der Waals surface area contributed by atoms with Gasteiger partial charge in [0.15, 0.2) is 0 Å². The van der Waals surface area contributed by atoms with Crippen LogP contribution < -0.4 is 0 Å². The van der Waals surface area contributed by atoms with E-state index in [1.807, 2.05) is 19.9 Å². The molecule has 0 fully saturated rings. The first kappa shape index (κ1) is 21.0. The van der Waals surface area contributed by atoms with Crippen LogP contribution in [-0.4, -0.2) is 44.0 Å². The van der Waals surface area contributed by atoms with Gasteiger partial charge in [0.05, 0.1) is 19.1 Å². The average molecular weight is 370 g/mol. The van der Waals surface area contributed by atoms with Crippen molar-refractivity contribution >= 4 is 5.91 Å². The van der Waals surface area contributed by atoms with E-state index in [-0.39, 0.29) is 24.3 Å². The maximum atomic E-state index is 12.8. The highest BCUT2D eigenvalue weighted by molar-refractivity contribution is 5.78. The average Bonchev–Trinajstić information content (AvgIpc) is 2.61. The molecule has 146 valence electrons. The third kappa shape index (κ3) is 5.82. The van der Waals surface area contributed by atoms with Crippen LogP contribution in [-0.2, 0) is 16.6 Å². The summed E-state index contributed by atoms with van der Waals surface area (Å²) in [5.41, 5.74) is 2.38. The van der Waals surface area contributed by atoms with E-state index < -0.39 is 6.10 Å². The second kappa shape index (κ2) is 9.04. The quantitative estimate of drug-likeness (QED) is 0.810. The summed E-state index contributed by atoms with van der Waals surface area (Å²) in [4.78, 5) is 27.3. The third-order valence-corrected chi connectivity index (χ3v) is 4.41. The molecular weight excluding hydrogens is 340 g/mol. The van der Waals surface area contributed by atoms with E-state index in [0.29, 0.717) is 6.54 Å². The molecule has 0 saturated carbocycles. The van der Waals surface area contributed by atoms with Crippen molar-refractivity contribution in [2.24, 2.45) is 0 Å². The van der Waals surface area contributed by atoms with Gasteiger partial charge in [0.1, 0.15) is 5.82 Å². The van der Waals surface area contributed by atoms with Crippen LogP contribution in [0.3, 0.4) is 0 Å². The largest absolute Gasteiger partial charge is 0.386 e. The predicted octanol–water partition coefficient (Wildman–Crippen LogP) is 2.99. The number of amides is 1. The molecule has 0 saturated heterocycles. The molecule has 1 amide bonds. The van der Waals surface area contributed by atoms with Crippen LogP contribution in [0.15, 0.2) is 30.9 Å². The molecule has 0 aromatic carbocycles. The van der Waals surface area contributed by atoms with Crippen LogP contribution in [0.4, 0.5) is 0 Å². The minimum Gasteiger partial charge on any atom is -0.386 e. The fourth-order valence-corrected chi connectivity index (χ4v) is 2.84. The lowest BCUT2D eigenvalue weighted by atomic mass is 9.96. The minimum absolute atomic E-state index is 0.0375. The van der Waals surface area contributed by atoms with Crippen molar-refractivity contribution in [1.29, 1.82) is 0 Å². The summed E-state index contributed by atoms with van der Waals surface area (Å²) in [5, 5.41) is 10.6. The van der Waals surface area contributed by atoms with Crippen LogP contribution in [0.25, 0.3) is 0 Å². The maximum absolute atomic E-state index is 12.8. The van der Waals surface area contributed by atoms with Gasteiger partial charge in [0.25, 0.3) is 0 Å². The van der Waals surface area contributed by atoms with Gasteiger partial charge in [-0.25, -0.2) is 9.97 Å². The Labute approximate surface area is 161 Å². The van der Waals surface area contributed by atoms with Crippen LogP contribution >= 0.6 is 0 Å². The fourth-order valence-electron chi connectivity index (χ4n) is 2.84. The molecule has 1 N–H and O–H groups in total. The molecule has 6 heteroatoms. The first-order chi connectivity index (χ1) is 12.7. The van der Waals surface area contributed by atoms with Crippen molar-refractivity contribution in [2.75, 3.05) is 13.1 Å². The van der Waals surface area contributed by atoms with Crippen molar-refractivity contribution in [3.63, 3.8) is 0 Å². The zero-order valence-electron chi connectivity index (χ0n) is 16.9. The van der Waals surface area contributed by atoms with E-state index in [2.05, 4.69) is 35.7 Å². The molecule has 27 heavy (non-hydrogen) atoms. The number of hydrogen-bond donors (Lipinski definition) is 1. The van der Waals surface area contributed by atoms with Gasteiger partial charge in [-0.05, 0) is 30.5 Å². The first-order valence-corrected chi connectivity index (χ1v) is 9.40. The van der Waals surface area contributed by atoms with E-state index in [0.717, 1.165) is 28.9 Å². The number of aliphatic hydroxyl groups excluding tert-OH is 1. The van der Waals surface area contributed by atoms with E-state index >= 15 is 0 Å². The molecule has 6 nitrogen and oxygen atoms in total. The number of nitrogens with zero attached hydrogens (tertiary/aromatic N) is 4. The number of rotatable bonds is 7. The zero-order valence-corrected chi connectivity index (χ0v) is 16.9. The molecule has 0 aliphatic rings. The van der Waals surface area contributed by atoms with E-state index in [1.165, 1.54) is 0 Å². The summed E-state index contributed by atoms with van der Waals surface area (Å²) in [6, 6.07) is 1.86. The van der Waals surface area contributed by atoms with Crippen molar-refractivity contribution in [3.05, 3.63) is 53.4 Å². The second-order valence-corrected chi connectivity index (χ2v) is 7.93. The van der Waals surface area contributed by atoms with Gasteiger partial charge < -0.3 is 10.0 Å². The van der Waals surface area contributed by atoms with Gasteiger partial charge in [-0.2, -0.15) is 0 Å². The maximum Gasteiger partial charge on any atom is 0.227 e. The van der Waals surface area contributed by atoms with Gasteiger partial charge in [-0.15, -0.1) is 0 Å². The molecule has 1 unspecified atom stereocenters. The van der Waals surface area contributed by atoms with Crippen molar-refractivity contribution in [1.82, 2.24) is 19.9 Å². The summed E-state index contributed by atoms with van der Waals surface area (Å²) in [7, 11) is 0. The Bertz CT molecular complexity index is 754. The Morgan fingerprint density at radius 2 is 1.89 bits per heavy atom. The molecule has 2 aromatic heterocycles. The zero-order chi connectivity index (χ0) is 20.0. The third-order valence-electron chi connectivity index (χ3n) is 4.41. The Morgan fingerprint density at radius 1 is 1.22 bits per heavy atom. The smallest absolute Gasteiger partial charge is 0.227 e. The van der Waals surface area contributed by atoms with Crippen LogP contribution in [0, 0.1) is 6.92 Å². The standard InChI is InChI=1S/C21H30N4O2/c1-6-9-25(14-18(26)17-13-22-8-7-15(17)2)19(27)10-16-11-23-20(24-12-16)21(3,4)5/h7-8,11-13,18,26H,6,9-10,14H2,1-5H3. The lowest BCUT2D eigenvalue weighted by Crippen LogP contribution is -2.36. The summed E-state index contributed by atoms with van der Waals surface area (Å²) in [6.07, 6.45) is 7.09. The highest BCUT2D eigenvalue weighted by Crippen LogP contribution is 2.19. The minimum atomic E-state index is -0.756. The Kier molecular flexibility index (Phi) is 7.02. The molecule has 0 bridgehead atoms. The molecule has 1 atom stereocenters. The van der Waals surface area contributed by atoms with E-state index in [9.17, 15) is 9.90 Å². The number of hydrogen-bond acceptors (Lipinski definition) is 5. The summed E-state index contributed by atoms with van der Waals surface area (Å²) < 4.78 is 0. The SMILES string of the molecule is CCCN(CC(O)c1cnccc1C)C(=O)Cc1cnc(C(C)(C)C)nc1. The first-order valence-electron chi connectivity index (χ1n) is 9.40. The van der Waals surface area contributed by atoms with Crippen LogP contribution in [0.5, 0.6) is 0 Å². The molecule has 0 radical (unpaired) electrons. The van der Waals surface area contributed by atoms with Crippen molar-refractivity contribution in [3.8, 4) is 0 Å². The Hall–Kier alpha value is -2.34. The van der Waals surface area contributed by atoms with Gasteiger partial charge in [-0.1, -0.05) is 27.7 Å². The second-order valence-electron chi connectivity index (χ2n) is 7.93. The van der Waals surface area contributed by atoms with Crippen molar-refractivity contribution in [2.45, 2.75) is 59.0 Å². The monoisotopic (exact) mass is 370 g/mol. The highest BCUT2D eigenvalue weighted by Gasteiger charge is 2.21. The predicted molar refractivity (Wildman–Crippen MR) is 105 cm³/mol. The molecule has 0 spiro atoms. The molecule has 2 aromatic rings. The van der Waals surface area contributed by atoms with Crippen LogP contribution in [0.1, 0.15) is 62.7 Å². The van der Waals surface area contributed by atoms with Gasteiger partial charge in [0.2, 0.25) is 5.91 Å². The van der Waals surface area contributed by atoms with Gasteiger partial charge >= 0.3 is 0 Å². The van der Waals surface area contributed by atoms with Gasteiger partial charge in [0, 0.05) is 42.3 Å². The van der Waals surface area contributed by atoms with Crippen molar-refractivity contribution < 1.29 is 9.90 Å². The number of aromatic nitrogens is 3. The fraction of sp³-hybridized carbons (Fsp3) is 0.524. The summed E-state index contributed by atoms with van der Waals surface area (Å²) in [6.45, 7) is 11.0. The number of carbonyl (C=O) groups excluding carboxylic acids is 1. The normalized spacial score (nSPS) is 12.7. The molecule has 0 aliphatic carbocycles. The molecular formula is C21H30N4O2. The van der Waals surface area contributed by atoms with E-state index in [4.69, 9.17) is 0 Å². The number of carbonyl (C=O) groups is 1. The van der Waals surface area contributed by atoms with E-state index in [1.54, 1.807) is 29.7 Å². The lowest BCUT2D eigenvalue weighted by Gasteiger charge is -2.26. The Balaban J connectivity index is 2.07. The number of pyridine rings is 1. The number of aliphatic hydroxyl groups is 1.